The summed E-state index contributed by atoms with van der Waals surface area (Å²) < 4.78 is 40.2. The SMILES string of the molecule is COc1ccc(-c2oc3c(CC=C(C)C)c(O)cc(O)c3c(=O)c2O[C@@H]2O[C@@H](C)[C@H](OC(C)=O)[C@@H](O[C@@H]3O[C@H](CO)[C@@H](O)[C@H](O)[C@H]3O)[C@H]2O)cc1. The average molecular weight is 719 g/mol. The van der Waals surface area contributed by atoms with E-state index in [1.165, 1.54) is 14.0 Å². The molecule has 2 aliphatic heterocycles. The highest BCUT2D eigenvalue weighted by molar-refractivity contribution is 5.91. The number of rotatable bonds is 10. The van der Waals surface area contributed by atoms with Gasteiger partial charge in [0.05, 0.1) is 19.8 Å². The minimum atomic E-state index is -1.90. The number of phenolic OH excluding ortho intramolecular Hbond substituents is 2. The Bertz CT molecular complexity index is 1800. The van der Waals surface area contributed by atoms with E-state index in [0.29, 0.717) is 11.3 Å². The molecule has 51 heavy (non-hydrogen) atoms. The van der Waals surface area contributed by atoms with E-state index in [2.05, 4.69) is 0 Å². The van der Waals surface area contributed by atoms with Crippen molar-refractivity contribution in [2.45, 2.75) is 95.5 Å². The standard InChI is InChI=1S/C35H42O16/c1-14(2)6-11-19-20(38)12-21(39)23-25(41)32(30(49-31(19)23)17-7-9-18(45-5)10-8-17)50-35-28(44)33(29(15(3)46-35)47-16(4)37)51-34-27(43)26(42)24(40)22(13-36)48-34/h6-10,12,15,22,24,26-29,33-36,38-40,42-44H,11,13H2,1-5H3/t15-,22+,24+,26-,27+,28+,29-,33-,34-,35-/m0/s1. The van der Waals surface area contributed by atoms with E-state index in [9.17, 15) is 45.3 Å². The Balaban J connectivity index is 1.62. The second-order valence-electron chi connectivity index (χ2n) is 12.6. The lowest BCUT2D eigenvalue weighted by molar-refractivity contribution is -0.350. The van der Waals surface area contributed by atoms with Crippen molar-refractivity contribution in [1.29, 1.82) is 0 Å². The van der Waals surface area contributed by atoms with Gasteiger partial charge in [-0.05, 0) is 51.5 Å². The van der Waals surface area contributed by atoms with Gasteiger partial charge in [-0.3, -0.25) is 9.59 Å². The Labute approximate surface area is 291 Å². The maximum atomic E-state index is 14.3. The molecule has 16 heteroatoms. The lowest BCUT2D eigenvalue weighted by atomic mass is 9.97. The molecule has 7 N–H and O–H groups in total. The van der Waals surface area contributed by atoms with Gasteiger partial charge in [-0.1, -0.05) is 11.6 Å². The largest absolute Gasteiger partial charge is 0.507 e. The van der Waals surface area contributed by atoms with E-state index in [1.807, 2.05) is 13.8 Å². The monoisotopic (exact) mass is 718 g/mol. The fourth-order valence-corrected chi connectivity index (χ4v) is 5.96. The van der Waals surface area contributed by atoms with Crippen LogP contribution in [0, 0.1) is 0 Å². The van der Waals surface area contributed by atoms with Gasteiger partial charge in [-0.25, -0.2) is 0 Å². The molecular formula is C35H42O16. The molecule has 0 radical (unpaired) electrons. The molecule has 16 nitrogen and oxygen atoms in total. The van der Waals surface area contributed by atoms with Gasteiger partial charge in [-0.2, -0.15) is 0 Å². The fourth-order valence-electron chi connectivity index (χ4n) is 5.96. The van der Waals surface area contributed by atoms with Crippen molar-refractivity contribution in [2.24, 2.45) is 0 Å². The van der Waals surface area contributed by atoms with Gasteiger partial charge in [0.25, 0.3) is 0 Å². The molecular weight excluding hydrogens is 676 g/mol. The summed E-state index contributed by atoms with van der Waals surface area (Å²) >= 11 is 0. The van der Waals surface area contributed by atoms with Crippen molar-refractivity contribution < 1.29 is 73.4 Å². The second-order valence-corrected chi connectivity index (χ2v) is 12.6. The summed E-state index contributed by atoms with van der Waals surface area (Å²) in [4.78, 5) is 26.4. The molecule has 0 aliphatic carbocycles. The molecule has 0 unspecified atom stereocenters. The summed E-state index contributed by atoms with van der Waals surface area (Å²) in [6.07, 6.45) is -14.3. The van der Waals surface area contributed by atoms with Gasteiger partial charge in [-0.15, -0.1) is 0 Å². The first kappa shape index (κ1) is 38.0. The Hall–Kier alpha value is -4.26. The normalized spacial score (nSPS) is 29.4. The molecule has 2 fully saturated rings. The number of aromatic hydroxyl groups is 2. The van der Waals surface area contributed by atoms with Crippen LogP contribution in [0.15, 0.2) is 51.2 Å². The third-order valence-electron chi connectivity index (χ3n) is 8.68. The summed E-state index contributed by atoms with van der Waals surface area (Å²) in [7, 11) is 1.47. The number of benzene rings is 2. The minimum absolute atomic E-state index is 0.120. The zero-order chi connectivity index (χ0) is 37.3. The first-order chi connectivity index (χ1) is 24.2. The molecule has 278 valence electrons. The van der Waals surface area contributed by atoms with Crippen LogP contribution in [-0.2, 0) is 30.2 Å². The first-order valence-electron chi connectivity index (χ1n) is 16.1. The van der Waals surface area contributed by atoms with Gasteiger partial charge in [0.2, 0.25) is 17.5 Å². The van der Waals surface area contributed by atoms with E-state index < -0.39 is 90.9 Å². The molecule has 2 aliphatic rings. The zero-order valence-corrected chi connectivity index (χ0v) is 28.5. The van der Waals surface area contributed by atoms with Crippen LogP contribution in [0.1, 0.15) is 33.3 Å². The summed E-state index contributed by atoms with van der Waals surface area (Å²) in [6.45, 7) is 5.49. The maximum absolute atomic E-state index is 14.3. The van der Waals surface area contributed by atoms with Crippen LogP contribution in [0.4, 0.5) is 0 Å². The van der Waals surface area contributed by atoms with Gasteiger partial charge >= 0.3 is 5.97 Å². The number of phenols is 2. The summed E-state index contributed by atoms with van der Waals surface area (Å²) in [5.41, 5.74) is 0.409. The van der Waals surface area contributed by atoms with Crippen molar-refractivity contribution in [2.75, 3.05) is 13.7 Å². The average Bonchev–Trinajstić information content (AvgIpc) is 3.08. The summed E-state index contributed by atoms with van der Waals surface area (Å²) in [5.74, 6) is -1.93. The number of carbonyl (C=O) groups excluding carboxylic acids is 1. The van der Waals surface area contributed by atoms with Crippen LogP contribution in [0.25, 0.3) is 22.3 Å². The van der Waals surface area contributed by atoms with E-state index >= 15 is 0 Å². The molecule has 2 saturated heterocycles. The minimum Gasteiger partial charge on any atom is -0.507 e. The van der Waals surface area contributed by atoms with Gasteiger partial charge in [0.15, 0.2) is 18.2 Å². The predicted octanol–water partition coefficient (Wildman–Crippen LogP) is 0.990. The van der Waals surface area contributed by atoms with Crippen molar-refractivity contribution >= 4 is 16.9 Å². The van der Waals surface area contributed by atoms with Crippen LogP contribution < -0.4 is 14.9 Å². The number of allylic oxidation sites excluding steroid dienone is 2. The van der Waals surface area contributed by atoms with Gasteiger partial charge < -0.3 is 68.6 Å². The third kappa shape index (κ3) is 7.68. The lowest BCUT2D eigenvalue weighted by Crippen LogP contribution is -2.65. The van der Waals surface area contributed by atoms with Crippen LogP contribution in [0.2, 0.25) is 0 Å². The number of hydrogen-bond donors (Lipinski definition) is 7. The summed E-state index contributed by atoms with van der Waals surface area (Å²) in [6, 6.07) is 7.32. The third-order valence-corrected chi connectivity index (χ3v) is 8.68. The zero-order valence-electron chi connectivity index (χ0n) is 28.5. The number of aliphatic hydroxyl groups excluding tert-OH is 5. The molecule has 0 bridgehead atoms. The smallest absolute Gasteiger partial charge is 0.303 e. The van der Waals surface area contributed by atoms with E-state index in [4.69, 9.17) is 32.8 Å². The molecule has 2 aromatic carbocycles. The van der Waals surface area contributed by atoms with Crippen molar-refractivity contribution in [3.8, 4) is 34.3 Å². The predicted molar refractivity (Wildman–Crippen MR) is 176 cm³/mol. The van der Waals surface area contributed by atoms with Crippen LogP contribution >= 0.6 is 0 Å². The fraction of sp³-hybridized carbons (Fsp3) is 0.486. The lowest BCUT2D eigenvalue weighted by Gasteiger charge is -2.46. The number of hydrogen-bond acceptors (Lipinski definition) is 16. The molecule has 5 rings (SSSR count). The van der Waals surface area contributed by atoms with Crippen molar-refractivity contribution in [3.05, 3.63) is 57.8 Å². The number of aliphatic hydroxyl groups is 5. The quantitative estimate of drug-likeness (QED) is 0.114. The Morgan fingerprint density at radius 3 is 2.20 bits per heavy atom. The highest BCUT2D eigenvalue weighted by Gasteiger charge is 2.52. The summed E-state index contributed by atoms with van der Waals surface area (Å²) in [5, 5.41) is 73.8. The van der Waals surface area contributed by atoms with Crippen molar-refractivity contribution in [1.82, 2.24) is 0 Å². The van der Waals surface area contributed by atoms with Gasteiger partial charge in [0.1, 0.15) is 64.8 Å². The number of fused-ring (bicyclic) bond motifs is 1. The maximum Gasteiger partial charge on any atom is 0.303 e. The molecule has 0 amide bonds. The molecule has 1 aromatic heterocycles. The van der Waals surface area contributed by atoms with Crippen LogP contribution in [-0.4, -0.2) is 117 Å². The van der Waals surface area contributed by atoms with E-state index in [-0.39, 0.29) is 34.5 Å². The number of carbonyl (C=O) groups is 1. The van der Waals surface area contributed by atoms with E-state index in [0.717, 1.165) is 18.6 Å². The second kappa shape index (κ2) is 15.5. The molecule has 3 heterocycles. The van der Waals surface area contributed by atoms with Crippen molar-refractivity contribution in [3.63, 3.8) is 0 Å². The topological polar surface area (TPSA) is 244 Å². The molecule has 3 aromatic rings. The highest BCUT2D eigenvalue weighted by atomic mass is 16.7. The number of esters is 1. The first-order valence-corrected chi connectivity index (χ1v) is 16.1. The molecule has 0 saturated carbocycles. The Morgan fingerprint density at radius 2 is 1.59 bits per heavy atom. The Kier molecular flexibility index (Phi) is 11.6. The van der Waals surface area contributed by atoms with Crippen LogP contribution in [0.3, 0.4) is 0 Å². The number of methoxy groups -OCH3 is 1. The van der Waals surface area contributed by atoms with Crippen LogP contribution in [0.5, 0.6) is 23.0 Å². The highest BCUT2D eigenvalue weighted by Crippen LogP contribution is 2.41. The molecule has 10 atom stereocenters. The van der Waals surface area contributed by atoms with E-state index in [1.54, 1.807) is 30.3 Å². The Morgan fingerprint density at radius 1 is 0.902 bits per heavy atom. The van der Waals surface area contributed by atoms with Gasteiger partial charge in [0, 0.05) is 24.1 Å². The molecule has 0 spiro atoms. The number of ether oxygens (including phenoxy) is 6.